The van der Waals surface area contributed by atoms with Crippen molar-refractivity contribution in [3.8, 4) is 5.75 Å². The molecule has 0 saturated carbocycles. The van der Waals surface area contributed by atoms with Crippen molar-refractivity contribution in [2.75, 3.05) is 12.9 Å². The predicted octanol–water partition coefficient (Wildman–Crippen LogP) is 3.86. The van der Waals surface area contributed by atoms with Crippen LogP contribution in [0.1, 0.15) is 61.6 Å². The number of halogens is 3. The van der Waals surface area contributed by atoms with E-state index in [4.69, 9.17) is 4.74 Å². The van der Waals surface area contributed by atoms with Gasteiger partial charge in [0.05, 0.1) is 24.2 Å². The van der Waals surface area contributed by atoms with Gasteiger partial charge in [0.15, 0.2) is 15.4 Å². The number of benzene rings is 1. The Morgan fingerprint density at radius 3 is 2.56 bits per heavy atom. The van der Waals surface area contributed by atoms with Gasteiger partial charge in [-0.25, -0.2) is 8.42 Å². The van der Waals surface area contributed by atoms with E-state index in [0.717, 1.165) is 6.26 Å². The summed E-state index contributed by atoms with van der Waals surface area (Å²) in [5.74, 6) is 0.392. The van der Waals surface area contributed by atoms with Crippen LogP contribution in [0.3, 0.4) is 0 Å². The van der Waals surface area contributed by atoms with Crippen molar-refractivity contribution in [1.82, 2.24) is 4.57 Å². The lowest BCUT2D eigenvalue weighted by Crippen LogP contribution is -2.52. The number of hydrogen-bond acceptors (Lipinski definition) is 5. The molecule has 0 radical (unpaired) electrons. The van der Waals surface area contributed by atoms with Gasteiger partial charge in [-0.1, -0.05) is 13.8 Å². The Labute approximate surface area is 197 Å². The molecule has 2 heterocycles. The van der Waals surface area contributed by atoms with Crippen LogP contribution in [0.25, 0.3) is 0 Å². The first-order chi connectivity index (χ1) is 15.6. The number of sulfone groups is 1. The number of aliphatic hydroxyl groups excluding tert-OH is 1. The summed E-state index contributed by atoms with van der Waals surface area (Å²) in [5.41, 5.74) is -2.21. The Balaban J connectivity index is 1.74. The van der Waals surface area contributed by atoms with Gasteiger partial charge in [0.2, 0.25) is 0 Å². The van der Waals surface area contributed by atoms with Gasteiger partial charge in [0.1, 0.15) is 5.75 Å². The average molecular weight is 502 g/mol. The largest absolute Gasteiger partial charge is 0.493 e. The molecule has 2 N–H and O–H groups in total. The van der Waals surface area contributed by atoms with Crippen LogP contribution in [0.2, 0.25) is 0 Å². The molecule has 4 rings (SSSR count). The Hall–Kier alpha value is -2.04. The molecular weight excluding hydrogens is 471 g/mol. The topological polar surface area (TPSA) is 88.8 Å². The van der Waals surface area contributed by atoms with Gasteiger partial charge in [-0.2, -0.15) is 13.2 Å². The number of rotatable bonds is 6. The maximum absolute atomic E-state index is 14.4. The van der Waals surface area contributed by atoms with Crippen LogP contribution in [0.15, 0.2) is 29.3 Å². The molecular formula is C24H30F3NO5S. The lowest BCUT2D eigenvalue weighted by molar-refractivity contribution is -0.271. The normalized spacial score (nSPS) is 20.4. The van der Waals surface area contributed by atoms with E-state index in [2.05, 4.69) is 0 Å². The van der Waals surface area contributed by atoms with E-state index in [1.807, 2.05) is 0 Å². The van der Waals surface area contributed by atoms with Crippen LogP contribution >= 0.6 is 0 Å². The smallest absolute Gasteiger partial charge is 0.418 e. The minimum Gasteiger partial charge on any atom is -0.493 e. The van der Waals surface area contributed by atoms with Crippen molar-refractivity contribution in [2.24, 2.45) is 0 Å². The van der Waals surface area contributed by atoms with Crippen LogP contribution in [-0.4, -0.2) is 47.8 Å². The summed E-state index contributed by atoms with van der Waals surface area (Å²) in [4.78, 5) is 0.0174. The van der Waals surface area contributed by atoms with Crippen LogP contribution in [0.4, 0.5) is 13.2 Å². The molecule has 10 heteroatoms. The standard InChI is InChI=1S/C24H30F3NO5S/c1-22(2,18-12-16(34(3,31)32)11-15-8-10-33-21(15)18)13-23(30,24(25,26)27)14-28-9-7-17-19(28)5-4-6-20(17)29/h7,9,11-12,20,29-30H,4-6,8,10,13-14H2,1-3H3. The van der Waals surface area contributed by atoms with Gasteiger partial charge in [-0.3, -0.25) is 0 Å². The number of hydrogen-bond donors (Lipinski definition) is 2. The van der Waals surface area contributed by atoms with Crippen LogP contribution in [0, 0.1) is 0 Å². The summed E-state index contributed by atoms with van der Waals surface area (Å²) in [5, 5.41) is 21.3. The summed E-state index contributed by atoms with van der Waals surface area (Å²) in [6.45, 7) is 2.70. The maximum atomic E-state index is 14.4. The second kappa shape index (κ2) is 8.27. The molecule has 0 saturated heterocycles. The number of nitrogens with zero attached hydrogens (tertiary/aromatic N) is 1. The first kappa shape index (κ1) is 25.1. The molecule has 0 fully saturated rings. The Kier molecular flexibility index (Phi) is 6.10. The van der Waals surface area contributed by atoms with Crippen LogP contribution in [-0.2, 0) is 34.6 Å². The maximum Gasteiger partial charge on any atom is 0.418 e. The quantitative estimate of drug-likeness (QED) is 0.628. The van der Waals surface area contributed by atoms with Crippen molar-refractivity contribution in [1.29, 1.82) is 0 Å². The molecule has 1 aliphatic carbocycles. The SMILES string of the molecule is CC(C)(CC(O)(Cn1ccc2c1CCCC2O)C(F)(F)F)c1cc(S(C)(=O)=O)cc2c1OCC2. The summed E-state index contributed by atoms with van der Waals surface area (Å²) in [6.07, 6.45) is -1.66. The highest BCUT2D eigenvalue weighted by Crippen LogP contribution is 2.47. The monoisotopic (exact) mass is 501 g/mol. The third-order valence-corrected chi connectivity index (χ3v) is 8.06. The minimum atomic E-state index is -4.95. The molecule has 0 spiro atoms. The van der Waals surface area contributed by atoms with Gasteiger partial charge < -0.3 is 19.5 Å². The number of aromatic nitrogens is 1. The van der Waals surface area contributed by atoms with Gasteiger partial charge in [0, 0.05) is 35.7 Å². The van der Waals surface area contributed by atoms with Crippen LogP contribution < -0.4 is 4.74 Å². The molecule has 0 amide bonds. The zero-order valence-electron chi connectivity index (χ0n) is 19.4. The molecule has 2 aliphatic rings. The van der Waals surface area contributed by atoms with E-state index in [1.54, 1.807) is 19.9 Å². The van der Waals surface area contributed by atoms with Crippen molar-refractivity contribution >= 4 is 9.84 Å². The minimum absolute atomic E-state index is 0.0174. The third kappa shape index (κ3) is 4.47. The van der Waals surface area contributed by atoms with Gasteiger partial charge >= 0.3 is 6.18 Å². The summed E-state index contributed by atoms with van der Waals surface area (Å²) in [7, 11) is -3.60. The Bertz CT molecular complexity index is 1200. The first-order valence-corrected chi connectivity index (χ1v) is 13.2. The highest BCUT2D eigenvalue weighted by Gasteiger charge is 2.56. The van der Waals surface area contributed by atoms with Crippen molar-refractivity contribution in [3.05, 3.63) is 46.8 Å². The van der Waals surface area contributed by atoms with Crippen LogP contribution in [0.5, 0.6) is 5.75 Å². The number of aliphatic hydroxyl groups is 2. The number of alkyl halides is 3. The zero-order valence-corrected chi connectivity index (χ0v) is 20.3. The third-order valence-electron chi connectivity index (χ3n) is 6.97. The number of fused-ring (bicyclic) bond motifs is 2. The molecule has 6 nitrogen and oxygen atoms in total. The van der Waals surface area contributed by atoms with Gasteiger partial charge in [-0.05, 0) is 54.9 Å². The zero-order chi connectivity index (χ0) is 25.1. The molecule has 2 atom stereocenters. The average Bonchev–Trinajstić information content (AvgIpc) is 3.33. The highest BCUT2D eigenvalue weighted by atomic mass is 32.2. The van der Waals surface area contributed by atoms with Crippen molar-refractivity contribution < 1.29 is 36.5 Å². The van der Waals surface area contributed by atoms with E-state index < -0.39 is 46.1 Å². The predicted molar refractivity (Wildman–Crippen MR) is 120 cm³/mol. The highest BCUT2D eigenvalue weighted by molar-refractivity contribution is 7.90. The van der Waals surface area contributed by atoms with Crippen molar-refractivity contribution in [3.63, 3.8) is 0 Å². The molecule has 1 aliphatic heterocycles. The van der Waals surface area contributed by atoms with E-state index in [-0.39, 0.29) is 4.90 Å². The molecule has 188 valence electrons. The fourth-order valence-electron chi connectivity index (χ4n) is 5.23. The molecule has 34 heavy (non-hydrogen) atoms. The fraction of sp³-hybridized carbons (Fsp3) is 0.583. The van der Waals surface area contributed by atoms with E-state index in [1.165, 1.54) is 22.9 Å². The lowest BCUT2D eigenvalue weighted by atomic mass is 9.74. The molecule has 1 aromatic carbocycles. The van der Waals surface area contributed by atoms with Crippen molar-refractivity contribution in [2.45, 2.75) is 80.7 Å². The van der Waals surface area contributed by atoms with Gasteiger partial charge in [0.25, 0.3) is 0 Å². The van der Waals surface area contributed by atoms with Gasteiger partial charge in [-0.15, -0.1) is 0 Å². The second-order valence-corrected chi connectivity index (χ2v) is 12.2. The first-order valence-electron chi connectivity index (χ1n) is 11.3. The Morgan fingerprint density at radius 2 is 1.91 bits per heavy atom. The molecule has 1 aromatic heterocycles. The second-order valence-electron chi connectivity index (χ2n) is 10.2. The van der Waals surface area contributed by atoms with E-state index in [9.17, 15) is 31.8 Å². The Morgan fingerprint density at radius 1 is 1.21 bits per heavy atom. The summed E-state index contributed by atoms with van der Waals surface area (Å²) in [6, 6.07) is 4.48. The fourth-order valence-corrected chi connectivity index (χ4v) is 5.92. The molecule has 2 aromatic rings. The summed E-state index contributed by atoms with van der Waals surface area (Å²) >= 11 is 0. The molecule has 2 unspecified atom stereocenters. The lowest BCUT2D eigenvalue weighted by Gasteiger charge is -2.39. The van der Waals surface area contributed by atoms with E-state index in [0.29, 0.717) is 60.4 Å². The summed E-state index contributed by atoms with van der Waals surface area (Å²) < 4.78 is 74.6. The van der Waals surface area contributed by atoms with E-state index >= 15 is 0 Å². The number of ether oxygens (including phenoxy) is 1. The molecule has 0 bridgehead atoms.